The van der Waals surface area contributed by atoms with Gasteiger partial charge in [-0.25, -0.2) is 4.79 Å². The van der Waals surface area contributed by atoms with Crippen LogP contribution in [0, 0.1) is 6.92 Å². The Morgan fingerprint density at radius 2 is 2.00 bits per heavy atom. The summed E-state index contributed by atoms with van der Waals surface area (Å²) in [5.41, 5.74) is 2.50. The molecule has 86 valence electrons. The zero-order valence-electron chi connectivity index (χ0n) is 9.46. The molecule has 0 aromatic heterocycles. The minimum Gasteiger partial charge on any atom is -0.452 e. The highest BCUT2D eigenvalue weighted by molar-refractivity contribution is 9.08. The molecule has 0 radical (unpaired) electrons. The molecule has 1 aliphatic rings. The van der Waals surface area contributed by atoms with Gasteiger partial charge in [0.25, 0.3) is 0 Å². The summed E-state index contributed by atoms with van der Waals surface area (Å²) in [6, 6.07) is 3.79. The summed E-state index contributed by atoms with van der Waals surface area (Å²) >= 11 is 3.40. The number of ether oxygens (including phenoxy) is 2. The average Bonchev–Trinajstić information content (AvgIpc) is 2.17. The summed E-state index contributed by atoms with van der Waals surface area (Å²) in [5.74, 6) is -0.586. The maximum Gasteiger partial charge on any atom is 0.345 e. The number of hydrogen-bond donors (Lipinski definition) is 0. The van der Waals surface area contributed by atoms with Crippen LogP contribution in [-0.2, 0) is 10.1 Å². The maximum atomic E-state index is 11.8. The predicted octanol–water partition coefficient (Wildman–Crippen LogP) is 3.18. The number of halogens is 1. The Kier molecular flexibility index (Phi) is 2.70. The molecule has 0 unspecified atom stereocenters. The first-order valence-corrected chi connectivity index (χ1v) is 6.17. The lowest BCUT2D eigenvalue weighted by Gasteiger charge is -2.33. The molecule has 3 nitrogen and oxygen atoms in total. The normalized spacial score (nSPS) is 17.4. The average molecular weight is 285 g/mol. The molecule has 1 aromatic carbocycles. The van der Waals surface area contributed by atoms with E-state index in [4.69, 9.17) is 9.47 Å². The van der Waals surface area contributed by atoms with Gasteiger partial charge in [-0.05, 0) is 18.6 Å². The first kappa shape index (κ1) is 11.5. The Bertz CT molecular complexity index is 452. The van der Waals surface area contributed by atoms with E-state index >= 15 is 0 Å². The van der Waals surface area contributed by atoms with Crippen molar-refractivity contribution in [3.05, 3.63) is 28.8 Å². The molecule has 1 aliphatic heterocycles. The largest absolute Gasteiger partial charge is 0.452 e. The monoisotopic (exact) mass is 284 g/mol. The topological polar surface area (TPSA) is 35.5 Å². The van der Waals surface area contributed by atoms with E-state index in [1.54, 1.807) is 19.9 Å². The van der Waals surface area contributed by atoms with Crippen LogP contribution in [0.25, 0.3) is 0 Å². The molecule has 0 aliphatic carbocycles. The molecule has 0 amide bonds. The van der Waals surface area contributed by atoms with Gasteiger partial charge in [0.2, 0.25) is 5.79 Å². The van der Waals surface area contributed by atoms with Crippen LogP contribution in [0.1, 0.15) is 35.3 Å². The second-order valence-electron chi connectivity index (χ2n) is 4.33. The van der Waals surface area contributed by atoms with Crippen LogP contribution in [0.15, 0.2) is 12.1 Å². The van der Waals surface area contributed by atoms with Gasteiger partial charge in [-0.15, -0.1) is 0 Å². The van der Waals surface area contributed by atoms with Gasteiger partial charge in [-0.1, -0.05) is 22.0 Å². The fraction of sp³-hybridized carbons (Fsp3) is 0.417. The molecule has 0 saturated heterocycles. The van der Waals surface area contributed by atoms with Crippen molar-refractivity contribution in [2.24, 2.45) is 0 Å². The molecular weight excluding hydrogens is 272 g/mol. The first-order valence-electron chi connectivity index (χ1n) is 5.05. The van der Waals surface area contributed by atoms with E-state index in [2.05, 4.69) is 15.9 Å². The lowest BCUT2D eigenvalue weighted by molar-refractivity contribution is -0.127. The van der Waals surface area contributed by atoms with Gasteiger partial charge in [0, 0.05) is 24.7 Å². The fourth-order valence-corrected chi connectivity index (χ4v) is 2.18. The van der Waals surface area contributed by atoms with E-state index in [0.29, 0.717) is 16.6 Å². The van der Waals surface area contributed by atoms with E-state index in [9.17, 15) is 4.79 Å². The van der Waals surface area contributed by atoms with E-state index < -0.39 is 5.79 Å². The highest BCUT2D eigenvalue weighted by Gasteiger charge is 2.35. The molecule has 16 heavy (non-hydrogen) atoms. The maximum absolute atomic E-state index is 11.8. The van der Waals surface area contributed by atoms with E-state index in [1.807, 2.05) is 13.0 Å². The van der Waals surface area contributed by atoms with Gasteiger partial charge in [-0.2, -0.15) is 0 Å². The smallest absolute Gasteiger partial charge is 0.345 e. The number of carbonyl (C=O) groups excluding carboxylic acids is 1. The van der Waals surface area contributed by atoms with Crippen LogP contribution in [0.3, 0.4) is 0 Å². The van der Waals surface area contributed by atoms with Crippen molar-refractivity contribution < 1.29 is 14.3 Å². The zero-order valence-corrected chi connectivity index (χ0v) is 11.1. The van der Waals surface area contributed by atoms with Gasteiger partial charge in [0.15, 0.2) is 0 Å². The number of cyclic esters (lactones) is 1. The quantitative estimate of drug-likeness (QED) is 0.587. The van der Waals surface area contributed by atoms with Crippen LogP contribution in [-0.4, -0.2) is 11.8 Å². The third-order valence-corrected chi connectivity index (χ3v) is 2.96. The van der Waals surface area contributed by atoms with Crippen molar-refractivity contribution in [2.45, 2.75) is 31.9 Å². The van der Waals surface area contributed by atoms with Crippen LogP contribution < -0.4 is 4.74 Å². The Hall–Kier alpha value is -1.03. The summed E-state index contributed by atoms with van der Waals surface area (Å²) in [6.45, 7) is 5.40. The Labute approximate surface area is 103 Å². The number of fused-ring (bicyclic) bond motifs is 1. The van der Waals surface area contributed by atoms with Gasteiger partial charge >= 0.3 is 5.97 Å². The van der Waals surface area contributed by atoms with Crippen LogP contribution >= 0.6 is 15.9 Å². The molecule has 2 rings (SSSR count). The molecule has 4 heteroatoms. The Balaban J connectivity index is 2.60. The SMILES string of the molecule is Cc1cc(CBr)c2c(c1)C(=O)OC(C)(C)O2. The number of carbonyl (C=O) groups is 1. The fourth-order valence-electron chi connectivity index (χ4n) is 1.76. The molecule has 0 fully saturated rings. The number of rotatable bonds is 1. The molecular formula is C12H13BrO3. The van der Waals surface area contributed by atoms with Crippen molar-refractivity contribution in [1.82, 2.24) is 0 Å². The molecule has 1 aromatic rings. The standard InChI is InChI=1S/C12H13BrO3/c1-7-4-8(6-13)10-9(5-7)11(14)16-12(2,3)15-10/h4-5H,6H2,1-3H3. The van der Waals surface area contributed by atoms with Gasteiger partial charge < -0.3 is 9.47 Å². The summed E-state index contributed by atoms with van der Waals surface area (Å²) in [4.78, 5) is 11.8. The minimum atomic E-state index is -0.893. The first-order chi connectivity index (χ1) is 7.43. The van der Waals surface area contributed by atoms with Gasteiger partial charge in [0.05, 0.1) is 0 Å². The molecule has 0 bridgehead atoms. The number of hydrogen-bond acceptors (Lipinski definition) is 3. The predicted molar refractivity (Wildman–Crippen MR) is 63.9 cm³/mol. The summed E-state index contributed by atoms with van der Waals surface area (Å²) in [5, 5.41) is 0.653. The summed E-state index contributed by atoms with van der Waals surface area (Å²) in [7, 11) is 0. The number of benzene rings is 1. The summed E-state index contributed by atoms with van der Waals surface area (Å²) in [6.07, 6.45) is 0. The molecule has 1 heterocycles. The zero-order chi connectivity index (χ0) is 11.9. The Morgan fingerprint density at radius 1 is 1.31 bits per heavy atom. The number of alkyl halides is 1. The second-order valence-corrected chi connectivity index (χ2v) is 4.89. The highest BCUT2D eigenvalue weighted by Crippen LogP contribution is 2.36. The van der Waals surface area contributed by atoms with Crippen molar-refractivity contribution in [1.29, 1.82) is 0 Å². The summed E-state index contributed by atoms with van der Waals surface area (Å²) < 4.78 is 10.9. The lowest BCUT2D eigenvalue weighted by atomic mass is 10.0. The van der Waals surface area contributed by atoms with Gasteiger partial charge in [-0.3, -0.25) is 0 Å². The van der Waals surface area contributed by atoms with Crippen molar-refractivity contribution in [2.75, 3.05) is 0 Å². The van der Waals surface area contributed by atoms with Crippen molar-refractivity contribution in [3.8, 4) is 5.75 Å². The second kappa shape index (κ2) is 3.77. The minimum absolute atomic E-state index is 0.322. The van der Waals surface area contributed by atoms with Crippen LogP contribution in [0.2, 0.25) is 0 Å². The van der Waals surface area contributed by atoms with Crippen molar-refractivity contribution in [3.63, 3.8) is 0 Å². The van der Waals surface area contributed by atoms with Crippen LogP contribution in [0.5, 0.6) is 5.75 Å². The third-order valence-electron chi connectivity index (χ3n) is 2.36. The van der Waals surface area contributed by atoms with Crippen molar-refractivity contribution >= 4 is 21.9 Å². The molecule has 0 atom stereocenters. The lowest BCUT2D eigenvalue weighted by Crippen LogP contribution is -2.39. The number of esters is 1. The van der Waals surface area contributed by atoms with E-state index in [0.717, 1.165) is 11.1 Å². The third kappa shape index (κ3) is 1.94. The van der Waals surface area contributed by atoms with Crippen LogP contribution in [0.4, 0.5) is 0 Å². The van der Waals surface area contributed by atoms with E-state index in [1.165, 1.54) is 0 Å². The number of aryl methyl sites for hydroxylation is 1. The Morgan fingerprint density at radius 3 is 2.62 bits per heavy atom. The molecule has 0 N–H and O–H groups in total. The van der Waals surface area contributed by atoms with Gasteiger partial charge in [0.1, 0.15) is 11.3 Å². The molecule has 0 spiro atoms. The van der Waals surface area contributed by atoms with E-state index in [-0.39, 0.29) is 5.97 Å². The highest BCUT2D eigenvalue weighted by atomic mass is 79.9. The molecule has 0 saturated carbocycles.